The van der Waals surface area contributed by atoms with Crippen LogP contribution in [0.15, 0.2) is 52.3 Å². The van der Waals surface area contributed by atoms with E-state index in [1.807, 2.05) is 43.3 Å². The quantitative estimate of drug-likeness (QED) is 0.358. The van der Waals surface area contributed by atoms with Crippen LogP contribution in [-0.2, 0) is 11.3 Å². The fourth-order valence-electron chi connectivity index (χ4n) is 4.68. The molecule has 2 aliphatic heterocycles. The van der Waals surface area contributed by atoms with Crippen LogP contribution in [0.5, 0.6) is 5.75 Å². The van der Waals surface area contributed by atoms with Crippen molar-refractivity contribution in [3.05, 3.63) is 74.5 Å². The molecule has 0 radical (unpaired) electrons. The lowest BCUT2D eigenvalue weighted by atomic mass is 10.00. The van der Waals surface area contributed by atoms with Crippen molar-refractivity contribution in [2.45, 2.75) is 33.2 Å². The molecule has 36 heavy (non-hydrogen) atoms. The number of hydrogen-bond acceptors (Lipinski definition) is 7. The summed E-state index contributed by atoms with van der Waals surface area (Å²) in [6.45, 7) is 6.17. The van der Waals surface area contributed by atoms with Crippen LogP contribution in [0.3, 0.4) is 0 Å². The van der Waals surface area contributed by atoms with Gasteiger partial charge in [-0.25, -0.2) is 4.98 Å². The molecule has 1 amide bonds. The molecular weight excluding hydrogens is 492 g/mol. The fourth-order valence-corrected chi connectivity index (χ4v) is 5.91. The first-order chi connectivity index (χ1) is 17.3. The lowest BCUT2D eigenvalue weighted by Crippen LogP contribution is -2.37. The van der Waals surface area contributed by atoms with Gasteiger partial charge in [0.1, 0.15) is 21.5 Å². The van der Waals surface area contributed by atoms with Gasteiger partial charge in [0.15, 0.2) is 0 Å². The number of hydrogen-bond donors (Lipinski definition) is 0. The molecule has 0 spiro atoms. The minimum Gasteiger partial charge on any atom is -0.497 e. The summed E-state index contributed by atoms with van der Waals surface area (Å²) < 4.78 is 7.26. The predicted molar refractivity (Wildman–Crippen MR) is 149 cm³/mol. The number of nitrogens with zero attached hydrogens (tertiary/aromatic N) is 4. The van der Waals surface area contributed by atoms with Gasteiger partial charge >= 0.3 is 0 Å². The fraction of sp³-hybridized carbons (Fsp3) is 0.333. The van der Waals surface area contributed by atoms with E-state index in [1.54, 1.807) is 28.7 Å². The van der Waals surface area contributed by atoms with Crippen LogP contribution < -0.4 is 15.2 Å². The molecule has 2 fully saturated rings. The van der Waals surface area contributed by atoms with Crippen molar-refractivity contribution >= 4 is 51.7 Å². The Morgan fingerprint density at radius 2 is 1.97 bits per heavy atom. The third kappa shape index (κ3) is 4.77. The Morgan fingerprint density at radius 3 is 2.69 bits per heavy atom. The lowest BCUT2D eigenvalue weighted by Gasteiger charge is -2.32. The summed E-state index contributed by atoms with van der Waals surface area (Å²) >= 11 is 6.78. The summed E-state index contributed by atoms with van der Waals surface area (Å²) in [4.78, 5) is 36.2. The van der Waals surface area contributed by atoms with Crippen molar-refractivity contribution in [3.63, 3.8) is 0 Å². The normalized spacial score (nSPS) is 19.5. The number of ether oxygens (including phenoxy) is 1. The monoisotopic (exact) mass is 520 g/mol. The summed E-state index contributed by atoms with van der Waals surface area (Å²) in [6, 6.07) is 11.4. The third-order valence-corrected chi connectivity index (χ3v) is 7.97. The second kappa shape index (κ2) is 10.1. The van der Waals surface area contributed by atoms with E-state index >= 15 is 0 Å². The molecule has 9 heteroatoms. The van der Waals surface area contributed by atoms with Gasteiger partial charge in [-0.05, 0) is 61.1 Å². The molecule has 2 saturated heterocycles. The summed E-state index contributed by atoms with van der Waals surface area (Å²) in [6.07, 6.45) is 5.67. The second-order valence-corrected chi connectivity index (χ2v) is 11.1. The highest BCUT2D eigenvalue weighted by Gasteiger charge is 2.33. The Kier molecular flexibility index (Phi) is 6.85. The number of carbonyl (C=O) groups excluding carboxylic acids is 1. The molecular formula is C27H28N4O3S2. The van der Waals surface area contributed by atoms with E-state index < -0.39 is 0 Å². The number of benzene rings is 1. The number of piperidine rings is 1. The molecule has 7 nitrogen and oxygen atoms in total. The van der Waals surface area contributed by atoms with Crippen LogP contribution in [0.1, 0.15) is 36.5 Å². The van der Waals surface area contributed by atoms with Crippen molar-refractivity contribution in [1.29, 1.82) is 0 Å². The van der Waals surface area contributed by atoms with E-state index in [4.69, 9.17) is 21.9 Å². The minimum absolute atomic E-state index is 0.183. The Hall–Kier alpha value is -3.17. The third-order valence-electron chi connectivity index (χ3n) is 6.59. The number of amides is 1. The maximum absolute atomic E-state index is 13.7. The lowest BCUT2D eigenvalue weighted by molar-refractivity contribution is -0.122. The maximum atomic E-state index is 13.7. The van der Waals surface area contributed by atoms with Gasteiger partial charge in [-0.15, -0.1) is 0 Å². The van der Waals surface area contributed by atoms with E-state index in [9.17, 15) is 9.59 Å². The average Bonchev–Trinajstić information content (AvgIpc) is 3.13. The largest absolute Gasteiger partial charge is 0.497 e. The van der Waals surface area contributed by atoms with Gasteiger partial charge in [-0.1, -0.05) is 49.1 Å². The predicted octanol–water partition coefficient (Wildman–Crippen LogP) is 4.65. The maximum Gasteiger partial charge on any atom is 0.267 e. The zero-order valence-electron chi connectivity index (χ0n) is 20.6. The first-order valence-corrected chi connectivity index (χ1v) is 13.2. The Morgan fingerprint density at radius 1 is 1.19 bits per heavy atom. The number of thioether (sulfide) groups is 1. The highest BCUT2D eigenvalue weighted by atomic mass is 32.2. The molecule has 2 aromatic heterocycles. The van der Waals surface area contributed by atoms with Crippen molar-refractivity contribution in [2.24, 2.45) is 5.92 Å². The van der Waals surface area contributed by atoms with Crippen LogP contribution >= 0.6 is 24.0 Å². The Balaban J connectivity index is 1.54. The molecule has 1 aromatic carbocycles. The van der Waals surface area contributed by atoms with Gasteiger partial charge in [0.05, 0.1) is 24.1 Å². The van der Waals surface area contributed by atoms with Crippen molar-refractivity contribution in [3.8, 4) is 5.75 Å². The molecule has 186 valence electrons. The van der Waals surface area contributed by atoms with E-state index in [-0.39, 0.29) is 11.5 Å². The number of methoxy groups -OCH3 is 1. The van der Waals surface area contributed by atoms with Gasteiger partial charge in [0.25, 0.3) is 11.5 Å². The van der Waals surface area contributed by atoms with Crippen LogP contribution in [0.25, 0.3) is 11.7 Å². The van der Waals surface area contributed by atoms with Crippen molar-refractivity contribution in [1.82, 2.24) is 14.3 Å². The van der Waals surface area contributed by atoms with E-state index in [0.717, 1.165) is 42.8 Å². The number of rotatable bonds is 5. The summed E-state index contributed by atoms with van der Waals surface area (Å²) in [5, 5.41) is 0. The molecule has 0 N–H and O–H groups in total. The van der Waals surface area contributed by atoms with Crippen LogP contribution in [0.2, 0.25) is 0 Å². The Bertz CT molecular complexity index is 1430. The number of aromatic nitrogens is 2. The van der Waals surface area contributed by atoms with E-state index in [1.165, 1.54) is 11.8 Å². The SMILES string of the molecule is COc1ccc(CN2C(=O)C(=Cc3c(N4CCCC(C)C4)nc4ccc(C)cn4c3=O)SC2=S)cc1. The number of carbonyl (C=O) groups is 1. The van der Waals surface area contributed by atoms with Crippen molar-refractivity contribution in [2.75, 3.05) is 25.1 Å². The number of pyridine rings is 1. The molecule has 3 aromatic rings. The molecule has 2 aliphatic rings. The molecule has 1 atom stereocenters. The van der Waals surface area contributed by atoms with E-state index in [2.05, 4.69) is 11.8 Å². The van der Waals surface area contributed by atoms with Crippen LogP contribution in [0.4, 0.5) is 5.82 Å². The zero-order valence-corrected chi connectivity index (χ0v) is 22.2. The Labute approximate surface area is 219 Å². The average molecular weight is 521 g/mol. The molecule has 0 aliphatic carbocycles. The topological polar surface area (TPSA) is 67.2 Å². The highest BCUT2D eigenvalue weighted by molar-refractivity contribution is 8.26. The zero-order chi connectivity index (χ0) is 25.4. The summed E-state index contributed by atoms with van der Waals surface area (Å²) in [5.74, 6) is 1.69. The number of aryl methyl sites for hydroxylation is 1. The summed E-state index contributed by atoms with van der Waals surface area (Å²) in [5.41, 5.74) is 2.75. The van der Waals surface area contributed by atoms with Gasteiger partial charge in [0, 0.05) is 19.3 Å². The van der Waals surface area contributed by atoms with Crippen LogP contribution in [0, 0.1) is 12.8 Å². The molecule has 0 saturated carbocycles. The van der Waals surface area contributed by atoms with Gasteiger partial charge in [-0.3, -0.25) is 18.9 Å². The first kappa shape index (κ1) is 24.5. The molecule has 1 unspecified atom stereocenters. The molecule has 5 rings (SSSR count). The summed E-state index contributed by atoms with van der Waals surface area (Å²) in [7, 11) is 1.62. The first-order valence-electron chi connectivity index (χ1n) is 12.0. The highest BCUT2D eigenvalue weighted by Crippen LogP contribution is 2.35. The van der Waals surface area contributed by atoms with Gasteiger partial charge in [0.2, 0.25) is 0 Å². The van der Waals surface area contributed by atoms with Gasteiger partial charge < -0.3 is 9.64 Å². The number of thiocarbonyl (C=S) groups is 1. The second-order valence-electron chi connectivity index (χ2n) is 9.40. The molecule has 0 bridgehead atoms. The van der Waals surface area contributed by atoms with Crippen molar-refractivity contribution < 1.29 is 9.53 Å². The minimum atomic E-state index is -0.201. The molecule has 4 heterocycles. The van der Waals surface area contributed by atoms with Gasteiger partial charge in [-0.2, -0.15) is 0 Å². The van der Waals surface area contributed by atoms with E-state index in [0.29, 0.717) is 38.7 Å². The standard InChI is InChI=1S/C27H28N4O3S2/c1-17-5-4-12-29(14-17)24-21(25(32)30-15-18(2)6-11-23(30)28-24)13-22-26(33)31(27(35)36-22)16-19-7-9-20(34-3)10-8-19/h6-11,13,15,17H,4-5,12,14,16H2,1-3H3. The van der Waals surface area contributed by atoms with Crippen LogP contribution in [-0.4, -0.2) is 44.7 Å². The smallest absolute Gasteiger partial charge is 0.267 e. The number of fused-ring (bicyclic) bond motifs is 1. The number of anilines is 1.